The van der Waals surface area contributed by atoms with Crippen LogP contribution in [0.25, 0.3) is 0 Å². The zero-order chi connectivity index (χ0) is 7.56. The molecular weight excluding hydrogens is 149 g/mol. The molecule has 2 N–H and O–H groups in total. The Balaban J connectivity index is 3.17. The summed E-state index contributed by atoms with van der Waals surface area (Å²) < 4.78 is 12.1. The summed E-state index contributed by atoms with van der Waals surface area (Å²) in [6.45, 7) is -0.550. The van der Waals surface area contributed by atoms with Crippen LogP contribution in [0.1, 0.15) is 5.56 Å². The molecule has 0 spiro atoms. The molecule has 0 aromatic heterocycles. The molecule has 0 aliphatic heterocycles. The summed E-state index contributed by atoms with van der Waals surface area (Å²) in [5.74, 6) is 0. The van der Waals surface area contributed by atoms with Gasteiger partial charge in [-0.25, -0.2) is 4.39 Å². The van der Waals surface area contributed by atoms with E-state index >= 15 is 0 Å². The van der Waals surface area contributed by atoms with Gasteiger partial charge in [-0.05, 0) is 12.1 Å². The summed E-state index contributed by atoms with van der Waals surface area (Å²) in [4.78, 5) is 0.613. The fourth-order valence-corrected chi connectivity index (χ4v) is 1.01. The first-order valence-electron chi connectivity index (χ1n) is 2.88. The number of rotatable bonds is 1. The van der Waals surface area contributed by atoms with Gasteiger partial charge >= 0.3 is 0 Å². The lowest BCUT2D eigenvalue weighted by Gasteiger charge is -2.02. The molecule has 10 heavy (non-hydrogen) atoms. The van der Waals surface area contributed by atoms with Gasteiger partial charge in [0, 0.05) is 16.1 Å². The molecule has 1 aromatic rings. The van der Waals surface area contributed by atoms with Crippen molar-refractivity contribution in [2.75, 3.05) is 5.73 Å². The topological polar surface area (TPSA) is 26.0 Å². The van der Waals surface area contributed by atoms with E-state index in [1.165, 1.54) is 0 Å². The lowest BCUT2D eigenvalue weighted by atomic mass is 10.2. The number of anilines is 1. The molecule has 0 amide bonds. The molecule has 0 aliphatic rings. The number of nitrogen functional groups attached to an aromatic ring is 1. The molecule has 0 unspecified atom stereocenters. The van der Waals surface area contributed by atoms with Gasteiger partial charge in [0.25, 0.3) is 0 Å². The molecule has 3 heteroatoms. The first-order valence-corrected chi connectivity index (χ1v) is 3.32. The molecule has 54 valence electrons. The molecular formula is C7H8FNS. The average Bonchev–Trinajstić information content (AvgIpc) is 1.88. The lowest BCUT2D eigenvalue weighted by molar-refractivity contribution is 0.481. The van der Waals surface area contributed by atoms with Crippen molar-refractivity contribution >= 4 is 18.3 Å². The SMILES string of the molecule is Nc1cccc(S)c1CF. The number of halogens is 1. The van der Waals surface area contributed by atoms with E-state index in [0.717, 1.165) is 0 Å². The van der Waals surface area contributed by atoms with Crippen molar-refractivity contribution in [2.24, 2.45) is 0 Å². The van der Waals surface area contributed by atoms with Crippen molar-refractivity contribution in [3.05, 3.63) is 23.8 Å². The second-order valence-corrected chi connectivity index (χ2v) is 2.46. The van der Waals surface area contributed by atoms with Crippen LogP contribution in [0.4, 0.5) is 10.1 Å². The second-order valence-electron chi connectivity index (χ2n) is 1.98. The minimum absolute atomic E-state index is 0.468. The van der Waals surface area contributed by atoms with Crippen LogP contribution >= 0.6 is 12.6 Å². The van der Waals surface area contributed by atoms with Crippen LogP contribution in [0.15, 0.2) is 23.1 Å². The highest BCUT2D eigenvalue weighted by Gasteiger charge is 2.00. The van der Waals surface area contributed by atoms with E-state index in [2.05, 4.69) is 12.6 Å². The van der Waals surface area contributed by atoms with E-state index in [1.807, 2.05) is 0 Å². The van der Waals surface area contributed by atoms with Gasteiger partial charge in [-0.2, -0.15) is 0 Å². The number of alkyl halides is 1. The fraction of sp³-hybridized carbons (Fsp3) is 0.143. The quantitative estimate of drug-likeness (QED) is 0.473. The van der Waals surface area contributed by atoms with Gasteiger partial charge in [-0.1, -0.05) is 6.07 Å². The summed E-state index contributed by atoms with van der Waals surface area (Å²) in [6, 6.07) is 5.12. The Morgan fingerprint density at radius 3 is 2.60 bits per heavy atom. The predicted molar refractivity (Wildman–Crippen MR) is 42.9 cm³/mol. The Bertz CT molecular complexity index is 217. The zero-order valence-electron chi connectivity index (χ0n) is 5.34. The maximum absolute atomic E-state index is 12.1. The van der Waals surface area contributed by atoms with Gasteiger partial charge in [0.15, 0.2) is 0 Å². The second kappa shape index (κ2) is 2.92. The lowest BCUT2D eigenvalue weighted by Crippen LogP contribution is -1.92. The minimum Gasteiger partial charge on any atom is -0.398 e. The van der Waals surface area contributed by atoms with Gasteiger partial charge in [0.05, 0.1) is 0 Å². The smallest absolute Gasteiger partial charge is 0.118 e. The van der Waals surface area contributed by atoms with Gasteiger partial charge in [0.2, 0.25) is 0 Å². The summed E-state index contributed by atoms with van der Waals surface area (Å²) in [6.07, 6.45) is 0. The number of benzene rings is 1. The largest absolute Gasteiger partial charge is 0.398 e. The van der Waals surface area contributed by atoms with Gasteiger partial charge in [0.1, 0.15) is 6.67 Å². The number of nitrogens with two attached hydrogens (primary N) is 1. The number of thiol groups is 1. The van der Waals surface area contributed by atoms with Crippen LogP contribution in [0.3, 0.4) is 0 Å². The fourth-order valence-electron chi connectivity index (χ4n) is 0.738. The maximum Gasteiger partial charge on any atom is 0.118 e. The highest BCUT2D eigenvalue weighted by Crippen LogP contribution is 2.20. The van der Waals surface area contributed by atoms with Crippen LogP contribution < -0.4 is 5.73 Å². The van der Waals surface area contributed by atoms with Crippen molar-refractivity contribution in [3.8, 4) is 0 Å². The molecule has 0 saturated carbocycles. The third-order valence-electron chi connectivity index (χ3n) is 1.32. The van der Waals surface area contributed by atoms with Crippen LogP contribution in [0.2, 0.25) is 0 Å². The van der Waals surface area contributed by atoms with Crippen LogP contribution in [-0.2, 0) is 6.67 Å². The Morgan fingerprint density at radius 2 is 2.20 bits per heavy atom. The molecule has 1 aromatic carbocycles. The van der Waals surface area contributed by atoms with Crippen molar-refractivity contribution < 1.29 is 4.39 Å². The van der Waals surface area contributed by atoms with Crippen molar-refractivity contribution in [1.82, 2.24) is 0 Å². The Morgan fingerprint density at radius 1 is 1.50 bits per heavy atom. The Labute approximate surface area is 64.5 Å². The van der Waals surface area contributed by atoms with Gasteiger partial charge in [-0.3, -0.25) is 0 Å². The first kappa shape index (κ1) is 7.41. The average molecular weight is 157 g/mol. The monoisotopic (exact) mass is 157 g/mol. The molecule has 0 atom stereocenters. The van der Waals surface area contributed by atoms with Gasteiger partial charge in [-0.15, -0.1) is 12.6 Å². The van der Waals surface area contributed by atoms with E-state index in [-0.39, 0.29) is 0 Å². The van der Waals surface area contributed by atoms with Crippen molar-refractivity contribution in [1.29, 1.82) is 0 Å². The third kappa shape index (κ3) is 1.24. The minimum atomic E-state index is -0.550. The number of hydrogen-bond acceptors (Lipinski definition) is 2. The molecule has 0 aliphatic carbocycles. The standard InChI is InChI=1S/C7H8FNS/c8-4-5-6(9)2-1-3-7(5)10/h1-3,10H,4,9H2. The first-order chi connectivity index (χ1) is 4.75. The summed E-state index contributed by atoms with van der Waals surface area (Å²) >= 11 is 4.03. The molecule has 0 bridgehead atoms. The third-order valence-corrected chi connectivity index (χ3v) is 1.74. The maximum atomic E-state index is 12.1. The van der Waals surface area contributed by atoms with E-state index in [4.69, 9.17) is 5.73 Å². The van der Waals surface area contributed by atoms with Crippen molar-refractivity contribution in [3.63, 3.8) is 0 Å². The summed E-state index contributed by atoms with van der Waals surface area (Å²) in [5.41, 5.74) is 6.39. The molecule has 1 rings (SSSR count). The van der Waals surface area contributed by atoms with Crippen LogP contribution in [0.5, 0.6) is 0 Å². The van der Waals surface area contributed by atoms with E-state index < -0.39 is 6.67 Å². The molecule has 1 nitrogen and oxygen atoms in total. The highest BCUT2D eigenvalue weighted by atomic mass is 32.1. The van der Waals surface area contributed by atoms with Crippen LogP contribution in [0, 0.1) is 0 Å². The summed E-state index contributed by atoms with van der Waals surface area (Å²) in [7, 11) is 0. The van der Waals surface area contributed by atoms with Crippen LogP contribution in [-0.4, -0.2) is 0 Å². The molecule has 0 saturated heterocycles. The van der Waals surface area contributed by atoms with E-state index in [1.54, 1.807) is 18.2 Å². The van der Waals surface area contributed by atoms with Gasteiger partial charge < -0.3 is 5.73 Å². The van der Waals surface area contributed by atoms with E-state index in [0.29, 0.717) is 16.1 Å². The van der Waals surface area contributed by atoms with E-state index in [9.17, 15) is 4.39 Å². The molecule has 0 heterocycles. The Kier molecular flexibility index (Phi) is 2.17. The highest BCUT2D eigenvalue weighted by molar-refractivity contribution is 7.80. The zero-order valence-corrected chi connectivity index (χ0v) is 6.24. The predicted octanol–water partition coefficient (Wildman–Crippen LogP) is 2.03. The normalized spacial score (nSPS) is 9.80. The summed E-state index contributed by atoms with van der Waals surface area (Å²) in [5, 5.41) is 0. The molecule has 0 radical (unpaired) electrons. The molecule has 0 fully saturated rings. The number of hydrogen-bond donors (Lipinski definition) is 2. The van der Waals surface area contributed by atoms with Crippen molar-refractivity contribution in [2.45, 2.75) is 11.6 Å². The Hall–Kier alpha value is -0.700.